The second-order valence-corrected chi connectivity index (χ2v) is 11.8. The molecule has 1 fully saturated rings. The van der Waals surface area contributed by atoms with Gasteiger partial charge in [0.1, 0.15) is 23.1 Å². The summed E-state index contributed by atoms with van der Waals surface area (Å²) >= 11 is 0. The summed E-state index contributed by atoms with van der Waals surface area (Å²) in [6.07, 6.45) is 9.96. The Morgan fingerprint density at radius 1 is 1.04 bits per heavy atom. The molecule has 0 bridgehead atoms. The Morgan fingerprint density at radius 2 is 1.78 bits per heavy atom. The van der Waals surface area contributed by atoms with Crippen molar-refractivity contribution < 1.29 is 31.8 Å². The molecule has 2 atom stereocenters. The number of anilines is 1. The molecule has 11 heteroatoms. The summed E-state index contributed by atoms with van der Waals surface area (Å²) < 4.78 is 78.5. The predicted molar refractivity (Wildman–Crippen MR) is 164 cm³/mol. The number of nitrogens with zero attached hydrogens (tertiary/aromatic N) is 3. The summed E-state index contributed by atoms with van der Waals surface area (Å²) in [6, 6.07) is 5.93. The van der Waals surface area contributed by atoms with Crippen LogP contribution in [-0.2, 0) is 5.60 Å². The minimum atomic E-state index is -1.77. The van der Waals surface area contributed by atoms with Gasteiger partial charge in [0.2, 0.25) is 0 Å². The first kappa shape index (κ1) is 32.0. The van der Waals surface area contributed by atoms with Crippen molar-refractivity contribution in [1.82, 2.24) is 4.98 Å². The standard InChI is InChI=1S/C34H33F5N4O2/c1-34(2,44)25-13-29(43-33(31(25)39)23-12-27(37)28(38)14-26(23)36)24(19-5-4-6-21(35)11-19)17-41-15-18-9-20(16-42-22-7-8-22)32(40)30(10-18)45-3/h4-6,9-10,12-16,19,22,24,44H,7-8,11,17,40H2,1-3H3. The van der Waals surface area contributed by atoms with Crippen LogP contribution in [-0.4, -0.2) is 42.2 Å². The van der Waals surface area contributed by atoms with Gasteiger partial charge in [-0.25, -0.2) is 26.9 Å². The van der Waals surface area contributed by atoms with Gasteiger partial charge in [-0.15, -0.1) is 0 Å². The molecule has 1 heterocycles. The number of benzene rings is 2. The molecular formula is C34H33F5N4O2. The van der Waals surface area contributed by atoms with Crippen LogP contribution in [0.1, 0.15) is 61.4 Å². The van der Waals surface area contributed by atoms with Crippen LogP contribution in [0.2, 0.25) is 0 Å². The van der Waals surface area contributed by atoms with Gasteiger partial charge < -0.3 is 15.6 Å². The van der Waals surface area contributed by atoms with Crippen molar-refractivity contribution >= 4 is 18.1 Å². The van der Waals surface area contributed by atoms with Gasteiger partial charge in [-0.1, -0.05) is 12.2 Å². The molecule has 0 spiro atoms. The smallest absolute Gasteiger partial charge is 0.161 e. The first-order valence-corrected chi connectivity index (χ1v) is 14.5. The number of aliphatic imine (C=N–C) groups is 2. The Balaban J connectivity index is 1.58. The number of halogens is 5. The summed E-state index contributed by atoms with van der Waals surface area (Å²) in [7, 11) is 1.50. The topological polar surface area (TPSA) is 93.1 Å². The highest BCUT2D eigenvalue weighted by Gasteiger charge is 2.32. The molecule has 0 amide bonds. The normalized spacial score (nSPS) is 17.7. The van der Waals surface area contributed by atoms with E-state index in [1.54, 1.807) is 36.7 Å². The maximum Gasteiger partial charge on any atom is 0.161 e. The number of pyridine rings is 1. The van der Waals surface area contributed by atoms with Crippen LogP contribution in [0.4, 0.5) is 27.6 Å². The van der Waals surface area contributed by atoms with Crippen LogP contribution < -0.4 is 10.5 Å². The summed E-state index contributed by atoms with van der Waals surface area (Å²) in [5.41, 5.74) is 4.88. The number of ether oxygens (including phenoxy) is 1. The summed E-state index contributed by atoms with van der Waals surface area (Å²) in [6.45, 7) is 2.68. The molecule has 45 heavy (non-hydrogen) atoms. The third kappa shape index (κ3) is 7.30. The quantitative estimate of drug-likeness (QED) is 0.107. The minimum absolute atomic E-state index is 0.0140. The first-order valence-electron chi connectivity index (χ1n) is 14.5. The molecule has 2 aliphatic rings. The van der Waals surface area contributed by atoms with Gasteiger partial charge in [0.15, 0.2) is 17.5 Å². The van der Waals surface area contributed by atoms with Crippen molar-refractivity contribution in [3.8, 4) is 17.0 Å². The monoisotopic (exact) mass is 624 g/mol. The SMILES string of the molecule is COc1cc(C=NCC(c2cc(C(C)(C)O)c(F)c(-c3cc(F)c(F)cc3F)n2)C2C=CC=C(F)C2)cc(C=NC2CC2)c1N. The number of aromatic nitrogens is 1. The van der Waals surface area contributed by atoms with E-state index in [2.05, 4.69) is 15.0 Å². The molecular weight excluding hydrogens is 591 g/mol. The van der Waals surface area contributed by atoms with E-state index in [-0.39, 0.29) is 30.3 Å². The lowest BCUT2D eigenvalue weighted by Crippen LogP contribution is -2.23. The highest BCUT2D eigenvalue weighted by molar-refractivity contribution is 5.93. The average molecular weight is 625 g/mol. The van der Waals surface area contributed by atoms with Gasteiger partial charge in [-0.2, -0.15) is 0 Å². The molecule has 236 valence electrons. The Kier molecular flexibility index (Phi) is 9.20. The third-order valence-corrected chi connectivity index (χ3v) is 7.79. The number of methoxy groups -OCH3 is 1. The highest BCUT2D eigenvalue weighted by Crippen LogP contribution is 2.38. The molecule has 5 rings (SSSR count). The molecule has 6 nitrogen and oxygen atoms in total. The van der Waals surface area contributed by atoms with Crippen LogP contribution in [0.3, 0.4) is 0 Å². The van der Waals surface area contributed by atoms with Gasteiger partial charge in [0.25, 0.3) is 0 Å². The van der Waals surface area contributed by atoms with Gasteiger partial charge in [0.05, 0.1) is 24.4 Å². The zero-order chi connectivity index (χ0) is 32.5. The van der Waals surface area contributed by atoms with E-state index in [4.69, 9.17) is 10.5 Å². The fraction of sp³-hybridized carbons (Fsp3) is 0.324. The number of aliphatic hydroxyl groups is 1. The number of hydrogen-bond acceptors (Lipinski definition) is 6. The van der Waals surface area contributed by atoms with Crippen molar-refractivity contribution in [3.63, 3.8) is 0 Å². The van der Waals surface area contributed by atoms with Crippen molar-refractivity contribution in [2.45, 2.75) is 50.7 Å². The zero-order valence-corrected chi connectivity index (χ0v) is 25.0. The molecule has 1 saturated carbocycles. The fourth-order valence-electron chi connectivity index (χ4n) is 5.16. The number of nitrogen functional groups attached to an aromatic ring is 1. The Hall–Kier alpha value is -4.38. The minimum Gasteiger partial charge on any atom is -0.495 e. The van der Waals surface area contributed by atoms with Crippen LogP contribution in [0.15, 0.2) is 64.4 Å². The fourth-order valence-corrected chi connectivity index (χ4v) is 5.16. The van der Waals surface area contributed by atoms with Crippen LogP contribution >= 0.6 is 0 Å². The summed E-state index contributed by atoms with van der Waals surface area (Å²) in [5.74, 6) is -6.34. The number of hydrogen-bond donors (Lipinski definition) is 2. The van der Waals surface area contributed by atoms with Gasteiger partial charge in [-0.3, -0.25) is 9.98 Å². The van der Waals surface area contributed by atoms with Gasteiger partial charge in [-0.05, 0) is 68.5 Å². The predicted octanol–water partition coefficient (Wildman–Crippen LogP) is 7.34. The maximum atomic E-state index is 15.8. The number of nitrogens with two attached hydrogens (primary N) is 1. The van der Waals surface area contributed by atoms with E-state index < -0.39 is 57.8 Å². The summed E-state index contributed by atoms with van der Waals surface area (Å²) in [5, 5.41) is 10.8. The molecule has 3 aromatic rings. The van der Waals surface area contributed by atoms with Crippen molar-refractivity contribution in [1.29, 1.82) is 0 Å². The molecule has 0 saturated heterocycles. The Morgan fingerprint density at radius 3 is 2.44 bits per heavy atom. The molecule has 0 radical (unpaired) electrons. The van der Waals surface area contributed by atoms with Crippen molar-refractivity contribution in [2.75, 3.05) is 19.4 Å². The number of rotatable bonds is 10. The van der Waals surface area contributed by atoms with Crippen molar-refractivity contribution in [2.24, 2.45) is 15.9 Å². The molecule has 1 aromatic heterocycles. The van der Waals surface area contributed by atoms with E-state index in [1.807, 2.05) is 0 Å². The Labute approximate surface area is 257 Å². The largest absolute Gasteiger partial charge is 0.495 e. The average Bonchev–Trinajstić information content (AvgIpc) is 3.82. The maximum absolute atomic E-state index is 15.8. The molecule has 0 aliphatic heterocycles. The van der Waals surface area contributed by atoms with E-state index in [9.17, 15) is 22.7 Å². The summed E-state index contributed by atoms with van der Waals surface area (Å²) in [4.78, 5) is 13.5. The molecule has 2 aliphatic carbocycles. The van der Waals surface area contributed by atoms with Crippen molar-refractivity contribution in [3.05, 3.63) is 100 Å². The van der Waals surface area contributed by atoms with Gasteiger partial charge in [0, 0.05) is 59.8 Å². The second-order valence-electron chi connectivity index (χ2n) is 11.8. The zero-order valence-electron chi connectivity index (χ0n) is 25.0. The highest BCUT2D eigenvalue weighted by atomic mass is 19.2. The van der Waals surface area contributed by atoms with Crippen LogP contribution in [0, 0.1) is 29.2 Å². The van der Waals surface area contributed by atoms with E-state index >= 15 is 4.39 Å². The molecule has 2 aromatic carbocycles. The first-order chi connectivity index (χ1) is 21.3. The molecule has 3 N–H and O–H groups in total. The second kappa shape index (κ2) is 12.9. The Bertz CT molecular complexity index is 1720. The number of allylic oxidation sites excluding steroid dienone is 4. The third-order valence-electron chi connectivity index (χ3n) is 7.79. The van der Waals surface area contributed by atoms with Crippen LogP contribution in [0.5, 0.6) is 5.75 Å². The van der Waals surface area contributed by atoms with E-state index in [0.29, 0.717) is 34.7 Å². The molecule has 2 unspecified atom stereocenters. The van der Waals surface area contributed by atoms with Gasteiger partial charge >= 0.3 is 0 Å². The van der Waals surface area contributed by atoms with E-state index in [1.165, 1.54) is 33.1 Å². The lowest BCUT2D eigenvalue weighted by Gasteiger charge is -2.27. The van der Waals surface area contributed by atoms with Crippen LogP contribution in [0.25, 0.3) is 11.3 Å². The lowest BCUT2D eigenvalue weighted by atomic mass is 9.82. The van der Waals surface area contributed by atoms with E-state index in [0.717, 1.165) is 12.8 Å². The lowest BCUT2D eigenvalue weighted by molar-refractivity contribution is 0.0743.